The lowest BCUT2D eigenvalue weighted by Gasteiger charge is -2.07. The van der Waals surface area contributed by atoms with Gasteiger partial charge in [0, 0.05) is 70.5 Å². The zero-order chi connectivity index (χ0) is 33.6. The maximum Gasteiger partial charge on any atom is 0.337 e. The molecule has 0 saturated heterocycles. The van der Waals surface area contributed by atoms with Crippen molar-refractivity contribution in [2.75, 3.05) is 44.5 Å². The van der Waals surface area contributed by atoms with Crippen LogP contribution in [0.4, 0.5) is 16.2 Å². The second-order valence-corrected chi connectivity index (χ2v) is 9.91. The molecule has 0 saturated carbocycles. The Bertz CT molecular complexity index is 1490. The van der Waals surface area contributed by atoms with Crippen molar-refractivity contribution in [1.29, 1.82) is 0 Å². The van der Waals surface area contributed by atoms with E-state index in [0.29, 0.717) is 35.6 Å². The number of hydrogen-bond acceptors (Lipinski definition) is 10. The second kappa shape index (κ2) is 21.7. The third kappa shape index (κ3) is 15.1. The van der Waals surface area contributed by atoms with Crippen molar-refractivity contribution in [3.05, 3.63) is 120 Å². The highest BCUT2D eigenvalue weighted by molar-refractivity contribution is 9.18. The highest BCUT2D eigenvalue weighted by atomic mass is 79.9. The number of carbonyl (C=O) groups is 4. The van der Waals surface area contributed by atoms with E-state index < -0.39 is 11.9 Å². The monoisotopic (exact) mass is 692 g/mol. The maximum atomic E-state index is 11.8. The number of carbonyl (C=O) groups excluding carboxylic acids is 4. The molecule has 0 aliphatic carbocycles. The minimum absolute atomic E-state index is 0.142. The lowest BCUT2D eigenvalue weighted by Crippen LogP contribution is -2.29. The summed E-state index contributed by atoms with van der Waals surface area (Å²) >= 11 is 2.73. The van der Waals surface area contributed by atoms with Crippen LogP contribution in [0.1, 0.15) is 32.1 Å². The van der Waals surface area contributed by atoms with Crippen LogP contribution in [0.2, 0.25) is 0 Å². The number of nitrogens with zero attached hydrogens (tertiary/aromatic N) is 2. The number of pyridine rings is 2. The van der Waals surface area contributed by atoms with Gasteiger partial charge in [0.15, 0.2) is 0 Å². The smallest absolute Gasteiger partial charge is 0.337 e. The Morgan fingerprint density at radius 1 is 0.696 bits per heavy atom. The molecule has 13 heteroatoms. The number of aromatic nitrogens is 2. The average Bonchev–Trinajstić information content (AvgIpc) is 3.08. The number of anilines is 2. The summed E-state index contributed by atoms with van der Waals surface area (Å²) in [7, 11) is 2.64. The number of rotatable bonds is 11. The molecule has 2 aromatic carbocycles. The number of hydrogen-bond donors (Lipinski definition) is 4. The van der Waals surface area contributed by atoms with Crippen molar-refractivity contribution in [1.82, 2.24) is 15.3 Å². The van der Waals surface area contributed by atoms with Crippen LogP contribution in [0.5, 0.6) is 0 Å². The number of benzene rings is 2. The van der Waals surface area contributed by atoms with Gasteiger partial charge in [-0.15, -0.1) is 0 Å². The van der Waals surface area contributed by atoms with E-state index in [2.05, 4.69) is 51.3 Å². The summed E-state index contributed by atoms with van der Waals surface area (Å²) in [4.78, 5) is 52.7. The van der Waals surface area contributed by atoms with Crippen LogP contribution >= 0.6 is 15.9 Å². The molecule has 242 valence electrons. The number of halogens is 1. The summed E-state index contributed by atoms with van der Waals surface area (Å²) in [5, 5.41) is 8.34. The molecule has 2 amide bonds. The fraction of sp³-hybridized carbons (Fsp3) is 0.212. The van der Waals surface area contributed by atoms with Crippen molar-refractivity contribution in [3.8, 4) is 0 Å². The summed E-state index contributed by atoms with van der Waals surface area (Å²) < 4.78 is 9.14. The molecule has 0 radical (unpaired) electrons. The van der Waals surface area contributed by atoms with Crippen molar-refractivity contribution >= 4 is 50.0 Å². The van der Waals surface area contributed by atoms with Gasteiger partial charge in [-0.05, 0) is 79.3 Å². The lowest BCUT2D eigenvalue weighted by molar-refractivity contribution is -0.115. The van der Waals surface area contributed by atoms with Gasteiger partial charge in [-0.3, -0.25) is 19.6 Å². The second-order valence-electron chi connectivity index (χ2n) is 9.19. The first kappa shape index (κ1) is 37.2. The highest BCUT2D eigenvalue weighted by Crippen LogP contribution is 2.12. The normalized spacial score (nSPS) is 9.74. The fourth-order valence-corrected chi connectivity index (χ4v) is 3.82. The number of nitrogens with one attached hydrogen (secondary N) is 3. The van der Waals surface area contributed by atoms with Gasteiger partial charge in [0.2, 0.25) is 5.91 Å². The van der Waals surface area contributed by atoms with E-state index in [0.717, 1.165) is 24.2 Å². The largest absolute Gasteiger partial charge is 0.465 e. The molecule has 5 N–H and O–H groups in total. The number of nitrogens with two attached hydrogens (primary N) is 1. The van der Waals surface area contributed by atoms with Gasteiger partial charge in [0.1, 0.15) is 0 Å². The summed E-state index contributed by atoms with van der Waals surface area (Å²) in [6.45, 7) is 1.56. The minimum atomic E-state index is -0.404. The molecule has 46 heavy (non-hydrogen) atoms. The Morgan fingerprint density at radius 3 is 1.59 bits per heavy atom. The van der Waals surface area contributed by atoms with Crippen LogP contribution in [0.25, 0.3) is 0 Å². The van der Waals surface area contributed by atoms with Crippen molar-refractivity contribution in [2.24, 2.45) is 5.73 Å². The van der Waals surface area contributed by atoms with E-state index in [1.807, 2.05) is 36.4 Å². The molecule has 0 atom stereocenters. The molecule has 4 rings (SSSR count). The van der Waals surface area contributed by atoms with Crippen molar-refractivity contribution in [3.63, 3.8) is 0 Å². The van der Waals surface area contributed by atoms with Gasteiger partial charge >= 0.3 is 11.9 Å². The first-order valence-electron chi connectivity index (χ1n) is 14.1. The number of esters is 2. The molecular weight excluding hydrogens is 656 g/mol. The topological polar surface area (TPSA) is 175 Å². The standard InChI is InChI=1S/C17H19N3O3.C9H8BrNO3.C7H10N2/c1-23-17(22)13-5-7-15(8-6-13)20-16(21)12-18-11-9-14-4-2-3-10-19-14;1-14-8(12)6-2-4-7(5-3-6)11-9(10)13;8-5-4-7-3-1-2-6-9-7/h2-8,10,18H,9,11-12H2,1H3,(H,20,21);2-5H,1H3,(H,11,13);1-3,6H,4-5,8H2. The molecule has 0 aliphatic rings. The lowest BCUT2D eigenvalue weighted by atomic mass is 10.2. The molecule has 0 spiro atoms. The average molecular weight is 694 g/mol. The molecule has 0 unspecified atom stereocenters. The Hall–Kier alpha value is -4.98. The first-order chi connectivity index (χ1) is 22.2. The molecular formula is C33H37BrN6O6. The van der Waals surface area contributed by atoms with E-state index >= 15 is 0 Å². The summed E-state index contributed by atoms with van der Waals surface area (Å²) in [6, 6.07) is 24.5. The molecule has 2 aromatic heterocycles. The van der Waals surface area contributed by atoms with E-state index in [9.17, 15) is 19.2 Å². The first-order valence-corrected chi connectivity index (χ1v) is 14.9. The third-order valence-electron chi connectivity index (χ3n) is 5.83. The molecule has 12 nitrogen and oxygen atoms in total. The predicted molar refractivity (Wildman–Crippen MR) is 180 cm³/mol. The Balaban J connectivity index is 0.000000270. The van der Waals surface area contributed by atoms with E-state index in [1.54, 1.807) is 60.9 Å². The molecule has 2 heterocycles. The summed E-state index contributed by atoms with van der Waals surface area (Å²) in [5.74, 6) is -0.947. The van der Waals surface area contributed by atoms with Gasteiger partial charge in [-0.2, -0.15) is 0 Å². The molecule has 0 bridgehead atoms. The molecule has 0 fully saturated rings. The van der Waals surface area contributed by atoms with Crippen LogP contribution in [0.3, 0.4) is 0 Å². The van der Waals surface area contributed by atoms with Crippen LogP contribution in [-0.2, 0) is 27.1 Å². The van der Waals surface area contributed by atoms with Crippen molar-refractivity contribution < 1.29 is 28.7 Å². The minimum Gasteiger partial charge on any atom is -0.465 e. The third-order valence-corrected chi connectivity index (χ3v) is 6.03. The number of ether oxygens (including phenoxy) is 2. The Morgan fingerprint density at radius 2 is 1.17 bits per heavy atom. The number of amides is 2. The maximum absolute atomic E-state index is 11.8. The summed E-state index contributed by atoms with van der Waals surface area (Å²) in [6.07, 6.45) is 5.17. The fourth-order valence-electron chi connectivity index (χ4n) is 3.59. The predicted octanol–water partition coefficient (Wildman–Crippen LogP) is 4.62. The molecule has 4 aromatic rings. The van der Waals surface area contributed by atoms with Gasteiger partial charge < -0.3 is 31.2 Å². The molecule has 0 aliphatic heterocycles. The summed E-state index contributed by atoms with van der Waals surface area (Å²) in [5.41, 5.74) is 9.51. The zero-order valence-electron chi connectivity index (χ0n) is 25.6. The van der Waals surface area contributed by atoms with E-state index in [4.69, 9.17) is 5.73 Å². The van der Waals surface area contributed by atoms with Crippen LogP contribution in [-0.4, -0.2) is 66.5 Å². The Labute approximate surface area is 276 Å². The van der Waals surface area contributed by atoms with Crippen LogP contribution in [0, 0.1) is 0 Å². The van der Waals surface area contributed by atoms with Gasteiger partial charge in [0.25, 0.3) is 4.82 Å². The highest BCUT2D eigenvalue weighted by Gasteiger charge is 2.07. The Kier molecular flexibility index (Phi) is 17.5. The van der Waals surface area contributed by atoms with Gasteiger partial charge in [-0.1, -0.05) is 12.1 Å². The van der Waals surface area contributed by atoms with Gasteiger partial charge in [-0.25, -0.2) is 9.59 Å². The zero-order valence-corrected chi connectivity index (χ0v) is 27.2. The van der Waals surface area contributed by atoms with Crippen LogP contribution < -0.4 is 21.7 Å². The van der Waals surface area contributed by atoms with E-state index in [-0.39, 0.29) is 17.3 Å². The SMILES string of the molecule is COC(=O)c1ccc(NC(=O)Br)cc1.COC(=O)c1ccc(NC(=O)CNCCc2ccccn2)cc1.NCCc1ccccn1. The van der Waals surface area contributed by atoms with Crippen LogP contribution in [0.15, 0.2) is 97.3 Å². The van der Waals surface area contributed by atoms with Crippen molar-refractivity contribution in [2.45, 2.75) is 12.8 Å². The van der Waals surface area contributed by atoms with E-state index in [1.165, 1.54) is 14.2 Å². The van der Waals surface area contributed by atoms with Gasteiger partial charge in [0.05, 0.1) is 31.9 Å². The quantitative estimate of drug-likeness (QED) is 0.0751. The number of methoxy groups -OCH3 is 2.